The van der Waals surface area contributed by atoms with Crippen LogP contribution in [-0.4, -0.2) is 11.7 Å². The zero-order valence-electron chi connectivity index (χ0n) is 12.6. The second kappa shape index (κ2) is 4.33. The molecule has 21 heavy (non-hydrogen) atoms. The average molecular weight is 306 g/mol. The summed E-state index contributed by atoms with van der Waals surface area (Å²) in [5.74, 6) is 0.189. The van der Waals surface area contributed by atoms with E-state index in [4.69, 9.17) is 11.6 Å². The SMILES string of the molecule is CC12CCC(C(=O)Nc3ccc(Cl)cc3)(CC1=O)C2(C)C. The predicted molar refractivity (Wildman–Crippen MR) is 83.3 cm³/mol. The van der Waals surface area contributed by atoms with Gasteiger partial charge < -0.3 is 5.32 Å². The first-order valence-electron chi connectivity index (χ1n) is 7.33. The van der Waals surface area contributed by atoms with Crippen molar-refractivity contribution in [3.05, 3.63) is 29.3 Å². The summed E-state index contributed by atoms with van der Waals surface area (Å²) >= 11 is 5.86. The lowest BCUT2D eigenvalue weighted by atomic mass is 9.64. The van der Waals surface area contributed by atoms with E-state index in [1.807, 2.05) is 6.92 Å². The van der Waals surface area contributed by atoms with E-state index in [1.54, 1.807) is 24.3 Å². The number of ketones is 1. The fourth-order valence-electron chi connectivity index (χ4n) is 4.14. The molecule has 2 atom stereocenters. The van der Waals surface area contributed by atoms with Gasteiger partial charge in [-0.2, -0.15) is 0 Å². The number of hydrogen-bond donors (Lipinski definition) is 1. The van der Waals surface area contributed by atoms with Gasteiger partial charge in [-0.3, -0.25) is 9.59 Å². The topological polar surface area (TPSA) is 46.2 Å². The summed E-state index contributed by atoms with van der Waals surface area (Å²) in [6.07, 6.45) is 1.93. The molecule has 2 fully saturated rings. The van der Waals surface area contributed by atoms with E-state index in [-0.39, 0.29) is 22.5 Å². The predicted octanol–water partition coefficient (Wildman–Crippen LogP) is 4.06. The minimum absolute atomic E-state index is 0.0376. The van der Waals surface area contributed by atoms with Gasteiger partial charge in [-0.25, -0.2) is 0 Å². The van der Waals surface area contributed by atoms with Crippen LogP contribution in [0, 0.1) is 16.2 Å². The molecule has 0 heterocycles. The Morgan fingerprint density at radius 1 is 1.14 bits per heavy atom. The molecule has 0 saturated heterocycles. The van der Waals surface area contributed by atoms with Crippen molar-refractivity contribution >= 4 is 29.0 Å². The molecule has 1 aromatic rings. The number of rotatable bonds is 2. The molecule has 2 unspecified atom stereocenters. The largest absolute Gasteiger partial charge is 0.326 e. The maximum Gasteiger partial charge on any atom is 0.231 e. The molecular formula is C17H20ClNO2. The Labute approximate surface area is 130 Å². The van der Waals surface area contributed by atoms with Crippen LogP contribution in [0.1, 0.15) is 40.0 Å². The Balaban J connectivity index is 1.91. The van der Waals surface area contributed by atoms with Gasteiger partial charge in [0, 0.05) is 22.5 Å². The molecule has 0 spiro atoms. The van der Waals surface area contributed by atoms with Crippen molar-refractivity contribution in [2.45, 2.75) is 40.0 Å². The van der Waals surface area contributed by atoms with Crippen LogP contribution in [0.3, 0.4) is 0 Å². The average Bonchev–Trinajstić information content (AvgIpc) is 2.72. The summed E-state index contributed by atoms with van der Waals surface area (Å²) in [5.41, 5.74) is -0.543. The minimum atomic E-state index is -0.585. The van der Waals surface area contributed by atoms with Crippen molar-refractivity contribution in [2.24, 2.45) is 16.2 Å². The number of carbonyl (C=O) groups is 2. The molecule has 0 aromatic heterocycles. The zero-order valence-corrected chi connectivity index (χ0v) is 13.4. The summed E-state index contributed by atoms with van der Waals surface area (Å²) in [6.45, 7) is 6.14. The third-order valence-electron chi connectivity index (χ3n) is 6.24. The van der Waals surface area contributed by atoms with Gasteiger partial charge in [-0.15, -0.1) is 0 Å². The Hall–Kier alpha value is -1.35. The summed E-state index contributed by atoms with van der Waals surface area (Å²) in [6, 6.07) is 7.07. The summed E-state index contributed by atoms with van der Waals surface area (Å²) in [4.78, 5) is 25.3. The standard InChI is InChI=1S/C17H20ClNO2/c1-15(2)16(3)8-9-17(15,10-13(16)20)14(21)19-12-6-4-11(18)5-7-12/h4-7H,8-10H2,1-3H3,(H,19,21). The molecule has 1 aromatic carbocycles. The zero-order chi connectivity index (χ0) is 15.5. The second-order valence-corrected chi connectivity index (χ2v) is 7.54. The highest BCUT2D eigenvalue weighted by molar-refractivity contribution is 6.30. The number of benzene rings is 1. The summed E-state index contributed by atoms with van der Waals surface area (Å²) in [5, 5.41) is 3.61. The lowest BCUT2D eigenvalue weighted by Crippen LogP contribution is -2.43. The number of halogens is 1. The van der Waals surface area contributed by atoms with E-state index in [1.165, 1.54) is 0 Å². The molecule has 2 aliphatic carbocycles. The fourth-order valence-corrected chi connectivity index (χ4v) is 4.27. The first-order valence-corrected chi connectivity index (χ1v) is 7.71. The minimum Gasteiger partial charge on any atom is -0.326 e. The van der Waals surface area contributed by atoms with Crippen molar-refractivity contribution < 1.29 is 9.59 Å². The highest BCUT2D eigenvalue weighted by Gasteiger charge is 2.72. The number of fused-ring (bicyclic) bond motifs is 2. The van der Waals surface area contributed by atoms with Crippen LogP contribution in [-0.2, 0) is 9.59 Å². The molecule has 3 nitrogen and oxygen atoms in total. The van der Waals surface area contributed by atoms with Gasteiger partial charge in [0.2, 0.25) is 5.91 Å². The van der Waals surface area contributed by atoms with Crippen molar-refractivity contribution in [2.75, 3.05) is 5.32 Å². The van der Waals surface area contributed by atoms with Gasteiger partial charge >= 0.3 is 0 Å². The van der Waals surface area contributed by atoms with Crippen LogP contribution >= 0.6 is 11.6 Å². The van der Waals surface area contributed by atoms with E-state index in [2.05, 4.69) is 19.2 Å². The number of Topliss-reactive ketones (excluding diaryl/α,β-unsaturated/α-hetero) is 1. The fraction of sp³-hybridized carbons (Fsp3) is 0.529. The van der Waals surface area contributed by atoms with Crippen LogP contribution in [0.15, 0.2) is 24.3 Å². The molecule has 0 radical (unpaired) electrons. The second-order valence-electron chi connectivity index (χ2n) is 7.10. The third-order valence-corrected chi connectivity index (χ3v) is 6.49. The normalized spacial score (nSPS) is 33.2. The lowest BCUT2D eigenvalue weighted by Gasteiger charge is -2.38. The van der Waals surface area contributed by atoms with E-state index in [0.29, 0.717) is 11.4 Å². The van der Waals surface area contributed by atoms with Crippen molar-refractivity contribution in [1.82, 2.24) is 0 Å². The maximum atomic E-state index is 12.9. The van der Waals surface area contributed by atoms with Crippen LogP contribution in [0.25, 0.3) is 0 Å². The number of anilines is 1. The first kappa shape index (κ1) is 14.6. The number of nitrogens with one attached hydrogen (secondary N) is 1. The Bertz CT molecular complexity index is 622. The monoisotopic (exact) mass is 305 g/mol. The lowest BCUT2D eigenvalue weighted by molar-refractivity contribution is -0.131. The van der Waals surface area contributed by atoms with Gasteiger partial charge in [0.25, 0.3) is 0 Å². The van der Waals surface area contributed by atoms with Crippen molar-refractivity contribution in [3.8, 4) is 0 Å². The van der Waals surface area contributed by atoms with E-state index < -0.39 is 5.41 Å². The van der Waals surface area contributed by atoms with Gasteiger partial charge in [0.15, 0.2) is 0 Å². The molecule has 4 heteroatoms. The smallest absolute Gasteiger partial charge is 0.231 e. The summed E-state index contributed by atoms with van der Waals surface area (Å²) in [7, 11) is 0. The maximum absolute atomic E-state index is 12.9. The Morgan fingerprint density at radius 2 is 1.76 bits per heavy atom. The van der Waals surface area contributed by atoms with Crippen LogP contribution in [0.4, 0.5) is 5.69 Å². The van der Waals surface area contributed by atoms with Crippen LogP contribution in [0.5, 0.6) is 0 Å². The van der Waals surface area contributed by atoms with Crippen LogP contribution < -0.4 is 5.32 Å². The Morgan fingerprint density at radius 3 is 2.24 bits per heavy atom. The Kier molecular flexibility index (Phi) is 3.00. The molecule has 2 aliphatic rings. The first-order chi connectivity index (χ1) is 9.73. The molecule has 0 aliphatic heterocycles. The molecule has 2 bridgehead atoms. The van der Waals surface area contributed by atoms with E-state index in [9.17, 15) is 9.59 Å². The molecule has 2 saturated carbocycles. The van der Waals surface area contributed by atoms with Gasteiger partial charge in [-0.05, 0) is 42.5 Å². The van der Waals surface area contributed by atoms with Gasteiger partial charge in [0.1, 0.15) is 5.78 Å². The van der Waals surface area contributed by atoms with Crippen LogP contribution in [0.2, 0.25) is 5.02 Å². The number of amides is 1. The van der Waals surface area contributed by atoms with Gasteiger partial charge in [0.05, 0.1) is 5.41 Å². The molecule has 1 amide bonds. The molecule has 3 rings (SSSR count). The van der Waals surface area contributed by atoms with Crippen molar-refractivity contribution in [3.63, 3.8) is 0 Å². The van der Waals surface area contributed by atoms with E-state index >= 15 is 0 Å². The molecular weight excluding hydrogens is 286 g/mol. The number of carbonyl (C=O) groups excluding carboxylic acids is 2. The highest BCUT2D eigenvalue weighted by Crippen LogP contribution is 2.70. The molecule has 112 valence electrons. The van der Waals surface area contributed by atoms with E-state index in [0.717, 1.165) is 18.5 Å². The quantitative estimate of drug-likeness (QED) is 0.895. The number of hydrogen-bond acceptors (Lipinski definition) is 2. The third kappa shape index (κ3) is 1.73. The molecule has 1 N–H and O–H groups in total. The summed E-state index contributed by atoms with van der Waals surface area (Å²) < 4.78 is 0. The van der Waals surface area contributed by atoms with Gasteiger partial charge in [-0.1, -0.05) is 32.4 Å². The highest BCUT2D eigenvalue weighted by atomic mass is 35.5. The van der Waals surface area contributed by atoms with Crippen molar-refractivity contribution in [1.29, 1.82) is 0 Å².